The number of esters is 1. The maximum atomic E-state index is 13.5. The highest BCUT2D eigenvalue weighted by molar-refractivity contribution is 7.52. The number of carbonyl (C=O) groups is 1. The molecule has 1 unspecified atom stereocenters. The third-order valence-corrected chi connectivity index (χ3v) is 6.97. The van der Waals surface area contributed by atoms with Crippen molar-refractivity contribution in [2.45, 2.75) is 50.9 Å². The second-order valence-electron chi connectivity index (χ2n) is 8.05. The Morgan fingerprint density at radius 3 is 2.09 bits per heavy atom. The Bertz CT molecular complexity index is 1060. The lowest BCUT2D eigenvalue weighted by atomic mass is 9.87. The van der Waals surface area contributed by atoms with E-state index >= 15 is 0 Å². The fourth-order valence-electron chi connectivity index (χ4n) is 3.52. The maximum Gasteiger partial charge on any atom is 0.513 e. The van der Waals surface area contributed by atoms with E-state index in [1.165, 1.54) is 31.2 Å². The monoisotopic (exact) mass is 516 g/mol. The van der Waals surface area contributed by atoms with Crippen molar-refractivity contribution in [3.05, 3.63) is 64.7 Å². The number of hydrogen-bond donors (Lipinski definition) is 1. The number of carbonyl (C=O) groups excluding carboxylic acids is 1. The smallest absolute Gasteiger partial charge is 0.461 e. The average Bonchev–Trinajstić information content (AvgIpc) is 2.79. The van der Waals surface area contributed by atoms with Gasteiger partial charge in [-0.15, -0.1) is 0 Å². The first kappa shape index (κ1) is 26.5. The summed E-state index contributed by atoms with van der Waals surface area (Å²) in [5, 5.41) is 13.3. The standard InChI is InChI=1S/C22H24F3N2O7P/c1-15(21(28)32-18-11-7-16(8-12-18)22(23,24)25)26-35(31,33-19-5-3-2-4-6-19)34-20-13-9-17(10-14-20)27(29)30/h2-6,9-10,13-16,18H,7-8,11-12H2,1H3,(H,26,31)/t15-,16?,18?,35?/m1/s1. The molecule has 2 atom stereocenters. The van der Waals surface area contributed by atoms with Crippen LogP contribution in [0.4, 0.5) is 18.9 Å². The summed E-state index contributed by atoms with van der Waals surface area (Å²) >= 11 is 0. The van der Waals surface area contributed by atoms with Crippen LogP contribution >= 0.6 is 7.75 Å². The first-order valence-corrected chi connectivity index (χ1v) is 12.3. The number of alkyl halides is 3. The Morgan fingerprint density at radius 2 is 1.57 bits per heavy atom. The first-order chi connectivity index (χ1) is 16.4. The van der Waals surface area contributed by atoms with Crippen LogP contribution in [-0.4, -0.2) is 29.2 Å². The second-order valence-corrected chi connectivity index (χ2v) is 9.67. The molecule has 0 aliphatic heterocycles. The van der Waals surface area contributed by atoms with Crippen molar-refractivity contribution < 1.29 is 41.2 Å². The third kappa shape index (κ3) is 7.69. The molecular formula is C22H24F3N2O7P. The molecule has 9 nitrogen and oxygen atoms in total. The summed E-state index contributed by atoms with van der Waals surface area (Å²) in [6.45, 7) is 1.35. The third-order valence-electron chi connectivity index (χ3n) is 5.37. The van der Waals surface area contributed by atoms with E-state index in [1.54, 1.807) is 18.2 Å². The van der Waals surface area contributed by atoms with Gasteiger partial charge >= 0.3 is 19.9 Å². The van der Waals surface area contributed by atoms with Crippen LogP contribution in [0.15, 0.2) is 54.6 Å². The van der Waals surface area contributed by atoms with E-state index in [2.05, 4.69) is 5.09 Å². The van der Waals surface area contributed by atoms with Crippen molar-refractivity contribution in [1.82, 2.24) is 5.09 Å². The number of ether oxygens (including phenoxy) is 1. The van der Waals surface area contributed by atoms with E-state index in [1.807, 2.05) is 0 Å². The predicted octanol–water partition coefficient (Wildman–Crippen LogP) is 5.80. The van der Waals surface area contributed by atoms with Crippen molar-refractivity contribution in [2.24, 2.45) is 5.92 Å². The molecule has 1 fully saturated rings. The van der Waals surface area contributed by atoms with Gasteiger partial charge in [0.25, 0.3) is 5.69 Å². The number of halogens is 3. The van der Waals surface area contributed by atoms with E-state index in [4.69, 9.17) is 13.8 Å². The number of non-ortho nitro benzene ring substituents is 1. The molecular weight excluding hydrogens is 492 g/mol. The highest BCUT2D eigenvalue weighted by Gasteiger charge is 2.42. The molecule has 0 bridgehead atoms. The minimum absolute atomic E-state index is 0.0200. The van der Waals surface area contributed by atoms with Crippen molar-refractivity contribution in [2.75, 3.05) is 0 Å². The molecule has 190 valence electrons. The predicted molar refractivity (Wildman–Crippen MR) is 119 cm³/mol. The normalized spacial score (nSPS) is 20.8. The zero-order chi connectivity index (χ0) is 25.6. The number of nitro benzene ring substituents is 1. The summed E-state index contributed by atoms with van der Waals surface area (Å²) in [6.07, 6.45) is -5.10. The number of hydrogen-bond acceptors (Lipinski definition) is 7. The Balaban J connectivity index is 1.67. The molecule has 1 aliphatic carbocycles. The lowest BCUT2D eigenvalue weighted by Crippen LogP contribution is -2.39. The van der Waals surface area contributed by atoms with E-state index < -0.39 is 42.9 Å². The SMILES string of the molecule is C[C@@H](NP(=O)(Oc1ccccc1)Oc1ccc([N+](=O)[O-])cc1)C(=O)OC1CCC(C(F)(F)F)CC1. The minimum Gasteiger partial charge on any atom is -0.461 e. The van der Waals surface area contributed by atoms with Crippen LogP contribution in [0.1, 0.15) is 32.6 Å². The quantitative estimate of drug-likeness (QED) is 0.192. The molecule has 0 heterocycles. The number of rotatable bonds is 9. The van der Waals surface area contributed by atoms with Crippen LogP contribution in [0.3, 0.4) is 0 Å². The average molecular weight is 516 g/mol. The molecule has 2 aromatic rings. The Labute approximate surface area is 199 Å². The Hall–Kier alpha value is -3.11. The number of nitro groups is 1. The molecule has 1 N–H and O–H groups in total. The van der Waals surface area contributed by atoms with Gasteiger partial charge in [0.2, 0.25) is 0 Å². The number of nitrogens with one attached hydrogen (secondary N) is 1. The first-order valence-electron chi connectivity index (χ1n) is 10.8. The number of benzene rings is 2. The van der Waals surface area contributed by atoms with Gasteiger partial charge in [-0.05, 0) is 56.9 Å². The van der Waals surface area contributed by atoms with Crippen LogP contribution in [0.5, 0.6) is 11.5 Å². The van der Waals surface area contributed by atoms with Crippen LogP contribution in [-0.2, 0) is 14.1 Å². The maximum absolute atomic E-state index is 13.5. The molecule has 35 heavy (non-hydrogen) atoms. The highest BCUT2D eigenvalue weighted by atomic mass is 31.2. The van der Waals surface area contributed by atoms with Crippen LogP contribution < -0.4 is 14.1 Å². The fourth-order valence-corrected chi connectivity index (χ4v) is 5.04. The summed E-state index contributed by atoms with van der Waals surface area (Å²) < 4.78 is 68.4. The largest absolute Gasteiger partial charge is 0.513 e. The van der Waals surface area contributed by atoms with Gasteiger partial charge in [-0.25, -0.2) is 4.57 Å². The number of para-hydroxylation sites is 1. The van der Waals surface area contributed by atoms with Gasteiger partial charge < -0.3 is 13.8 Å². The summed E-state index contributed by atoms with van der Waals surface area (Å²) in [5.41, 5.74) is -0.207. The molecule has 1 saturated carbocycles. The highest BCUT2D eigenvalue weighted by Crippen LogP contribution is 2.45. The van der Waals surface area contributed by atoms with Gasteiger partial charge in [0.05, 0.1) is 10.8 Å². The van der Waals surface area contributed by atoms with Crippen molar-refractivity contribution in [3.8, 4) is 11.5 Å². The van der Waals surface area contributed by atoms with E-state index in [0.29, 0.717) is 0 Å². The second kappa shape index (κ2) is 11.1. The van der Waals surface area contributed by atoms with Crippen LogP contribution in [0, 0.1) is 16.0 Å². The molecule has 0 radical (unpaired) electrons. The van der Waals surface area contributed by atoms with Crippen LogP contribution in [0.25, 0.3) is 0 Å². The summed E-state index contributed by atoms with van der Waals surface area (Å²) in [7, 11) is -4.27. The molecule has 0 spiro atoms. The topological polar surface area (TPSA) is 117 Å². The Kier molecular flexibility index (Phi) is 8.39. The van der Waals surface area contributed by atoms with Gasteiger partial charge in [0, 0.05) is 12.1 Å². The molecule has 1 aliphatic rings. The minimum atomic E-state index is -4.28. The zero-order valence-electron chi connectivity index (χ0n) is 18.6. The molecule has 0 amide bonds. The van der Waals surface area contributed by atoms with Crippen LogP contribution in [0.2, 0.25) is 0 Å². The lowest BCUT2D eigenvalue weighted by molar-refractivity contribution is -0.384. The van der Waals surface area contributed by atoms with Crippen molar-refractivity contribution >= 4 is 19.4 Å². The van der Waals surface area contributed by atoms with E-state index in [0.717, 1.165) is 12.1 Å². The van der Waals surface area contributed by atoms with Gasteiger partial charge in [-0.2, -0.15) is 18.3 Å². The molecule has 13 heteroatoms. The molecule has 0 saturated heterocycles. The van der Waals surface area contributed by atoms with Gasteiger partial charge in [0.1, 0.15) is 23.6 Å². The molecule has 2 aromatic carbocycles. The van der Waals surface area contributed by atoms with Gasteiger partial charge in [-0.1, -0.05) is 18.2 Å². The van der Waals surface area contributed by atoms with E-state index in [-0.39, 0.29) is 42.9 Å². The van der Waals surface area contributed by atoms with Gasteiger partial charge in [0.15, 0.2) is 0 Å². The van der Waals surface area contributed by atoms with E-state index in [9.17, 15) is 32.6 Å². The number of nitrogens with zero attached hydrogens (tertiary/aromatic N) is 1. The Morgan fingerprint density at radius 1 is 1.03 bits per heavy atom. The summed E-state index contributed by atoms with van der Waals surface area (Å²) in [5.74, 6) is -2.10. The summed E-state index contributed by atoms with van der Waals surface area (Å²) in [4.78, 5) is 22.8. The fraction of sp³-hybridized carbons (Fsp3) is 0.409. The summed E-state index contributed by atoms with van der Waals surface area (Å²) in [6, 6.07) is 11.5. The zero-order valence-corrected chi connectivity index (χ0v) is 19.5. The van der Waals surface area contributed by atoms with Crippen molar-refractivity contribution in [3.63, 3.8) is 0 Å². The lowest BCUT2D eigenvalue weighted by Gasteiger charge is -2.30. The van der Waals surface area contributed by atoms with Crippen molar-refractivity contribution in [1.29, 1.82) is 0 Å². The molecule has 0 aromatic heterocycles. The van der Waals surface area contributed by atoms with Gasteiger partial charge in [-0.3, -0.25) is 14.9 Å². The molecule has 3 rings (SSSR count).